The molecule has 0 atom stereocenters. The van der Waals surface area contributed by atoms with E-state index in [0.29, 0.717) is 16.8 Å². The van der Waals surface area contributed by atoms with Crippen LogP contribution >= 0.6 is 0 Å². The molecule has 32 heavy (non-hydrogen) atoms. The summed E-state index contributed by atoms with van der Waals surface area (Å²) in [5.41, 5.74) is 3.20. The normalized spacial score (nSPS) is 9.69. The van der Waals surface area contributed by atoms with Crippen LogP contribution < -0.4 is 0 Å². The summed E-state index contributed by atoms with van der Waals surface area (Å²) < 4.78 is 0. The Balaban J connectivity index is 0.000000174. The van der Waals surface area contributed by atoms with Gasteiger partial charge in [-0.25, -0.2) is 9.97 Å². The van der Waals surface area contributed by atoms with Crippen molar-refractivity contribution in [2.75, 3.05) is 0 Å². The van der Waals surface area contributed by atoms with E-state index in [1.807, 2.05) is 68.4 Å². The van der Waals surface area contributed by atoms with Crippen molar-refractivity contribution in [3.05, 3.63) is 102 Å². The number of phenols is 3. The van der Waals surface area contributed by atoms with Gasteiger partial charge in [0, 0.05) is 22.2 Å². The summed E-state index contributed by atoms with van der Waals surface area (Å²) in [5.74, 6) is 0.815. The van der Waals surface area contributed by atoms with Crippen LogP contribution in [0, 0.1) is 13.8 Å². The SMILES string of the molecule is Cc1ccc2cccc(O)c2n1.Cc1ccc2cccc(O)c2n1.Oc1ccccc1.[Al+3]. The molecule has 0 aliphatic carbocycles. The maximum atomic E-state index is 9.43. The zero-order chi connectivity index (χ0) is 22.2. The first-order chi connectivity index (χ1) is 14.9. The van der Waals surface area contributed by atoms with Crippen LogP contribution in [-0.4, -0.2) is 42.6 Å². The van der Waals surface area contributed by atoms with E-state index < -0.39 is 0 Å². The van der Waals surface area contributed by atoms with Crippen molar-refractivity contribution < 1.29 is 15.3 Å². The van der Waals surface area contributed by atoms with E-state index in [-0.39, 0.29) is 28.9 Å². The zero-order valence-electron chi connectivity index (χ0n) is 18.0. The fourth-order valence-corrected chi connectivity index (χ4v) is 2.89. The number of aromatic hydroxyl groups is 3. The summed E-state index contributed by atoms with van der Waals surface area (Å²) in [7, 11) is 0. The largest absolute Gasteiger partial charge is 3.00 e. The second-order valence-electron chi connectivity index (χ2n) is 6.94. The monoisotopic (exact) mass is 439 g/mol. The number of rotatable bonds is 0. The number of para-hydroxylation sites is 3. The van der Waals surface area contributed by atoms with E-state index in [4.69, 9.17) is 5.11 Å². The van der Waals surface area contributed by atoms with Crippen LogP contribution in [-0.2, 0) is 0 Å². The predicted octanol–water partition coefficient (Wildman–Crippen LogP) is 5.51. The van der Waals surface area contributed by atoms with E-state index in [1.54, 1.807) is 36.4 Å². The van der Waals surface area contributed by atoms with Crippen LogP contribution in [0.4, 0.5) is 0 Å². The number of nitrogens with zero attached hydrogens (tertiary/aromatic N) is 2. The van der Waals surface area contributed by atoms with Crippen molar-refractivity contribution in [1.29, 1.82) is 0 Å². The van der Waals surface area contributed by atoms with Gasteiger partial charge in [0.2, 0.25) is 0 Å². The summed E-state index contributed by atoms with van der Waals surface area (Å²) in [5, 5.41) is 29.4. The number of hydrogen-bond acceptors (Lipinski definition) is 5. The molecular formula is C26H24AlN2O3+3. The van der Waals surface area contributed by atoms with Gasteiger partial charge in [-0.2, -0.15) is 0 Å². The quantitative estimate of drug-likeness (QED) is 0.277. The third kappa shape index (κ3) is 6.71. The molecule has 0 radical (unpaired) electrons. The average Bonchev–Trinajstić information content (AvgIpc) is 2.77. The average molecular weight is 439 g/mol. The van der Waals surface area contributed by atoms with E-state index in [2.05, 4.69) is 9.97 Å². The Labute approximate surface area is 197 Å². The molecule has 0 saturated heterocycles. The minimum Gasteiger partial charge on any atom is -0.508 e. The Morgan fingerprint density at radius 2 is 0.938 bits per heavy atom. The molecule has 3 N–H and O–H groups in total. The number of aryl methyl sites for hydroxylation is 2. The summed E-state index contributed by atoms with van der Waals surface area (Å²) >= 11 is 0. The van der Waals surface area contributed by atoms with E-state index >= 15 is 0 Å². The molecule has 0 fully saturated rings. The van der Waals surface area contributed by atoms with Gasteiger partial charge in [0.1, 0.15) is 28.3 Å². The Morgan fingerprint density at radius 1 is 0.500 bits per heavy atom. The van der Waals surface area contributed by atoms with Gasteiger partial charge in [0.15, 0.2) is 0 Å². The van der Waals surface area contributed by atoms with Crippen LogP contribution in [0.1, 0.15) is 11.4 Å². The third-order valence-electron chi connectivity index (χ3n) is 4.43. The second-order valence-corrected chi connectivity index (χ2v) is 6.94. The predicted molar refractivity (Wildman–Crippen MR) is 130 cm³/mol. The van der Waals surface area contributed by atoms with Crippen molar-refractivity contribution in [3.8, 4) is 17.2 Å². The molecule has 0 aliphatic heterocycles. The molecule has 5 rings (SSSR count). The first-order valence-corrected chi connectivity index (χ1v) is 9.79. The summed E-state index contributed by atoms with van der Waals surface area (Å²) in [4.78, 5) is 8.45. The molecule has 5 aromatic rings. The standard InChI is InChI=1S/2C10H9NO.C6H6O.Al/c2*1-7-5-6-8-3-2-4-9(12)10(8)11-7;7-6-4-2-1-3-5-6;/h2*2-6,12H,1H3;1-5,7H;/q;;;+3. The van der Waals surface area contributed by atoms with E-state index in [9.17, 15) is 10.2 Å². The summed E-state index contributed by atoms with van der Waals surface area (Å²) in [6.45, 7) is 3.82. The van der Waals surface area contributed by atoms with Gasteiger partial charge in [-0.15, -0.1) is 0 Å². The number of benzene rings is 3. The minimum atomic E-state index is 0. The maximum Gasteiger partial charge on any atom is 3.00 e. The number of pyridine rings is 2. The molecule has 0 aliphatic rings. The molecule has 0 unspecified atom stereocenters. The van der Waals surface area contributed by atoms with Crippen molar-refractivity contribution in [3.63, 3.8) is 0 Å². The maximum absolute atomic E-state index is 9.43. The zero-order valence-corrected chi connectivity index (χ0v) is 19.1. The minimum absolute atomic E-state index is 0. The van der Waals surface area contributed by atoms with Crippen molar-refractivity contribution in [1.82, 2.24) is 9.97 Å². The van der Waals surface area contributed by atoms with Gasteiger partial charge in [0.25, 0.3) is 0 Å². The fraction of sp³-hybridized carbons (Fsp3) is 0.0769. The fourth-order valence-electron chi connectivity index (χ4n) is 2.89. The molecule has 0 amide bonds. The Kier molecular flexibility index (Phi) is 9.03. The van der Waals surface area contributed by atoms with E-state index in [1.165, 1.54) is 0 Å². The number of phenolic OH excluding ortho intramolecular Hbond substituents is 3. The first-order valence-electron chi connectivity index (χ1n) is 9.79. The van der Waals surface area contributed by atoms with Crippen LogP contribution in [0.2, 0.25) is 0 Å². The Hall–Kier alpha value is -3.59. The molecule has 0 saturated carbocycles. The molecule has 5 nitrogen and oxygen atoms in total. The van der Waals surface area contributed by atoms with Crippen LogP contribution in [0.25, 0.3) is 21.8 Å². The topological polar surface area (TPSA) is 86.5 Å². The molecule has 156 valence electrons. The Morgan fingerprint density at radius 3 is 1.31 bits per heavy atom. The number of aromatic nitrogens is 2. The summed E-state index contributed by atoms with van der Waals surface area (Å²) in [6, 6.07) is 27.3. The molecule has 3 aromatic carbocycles. The summed E-state index contributed by atoms with van der Waals surface area (Å²) in [6.07, 6.45) is 0. The molecule has 2 heterocycles. The molecule has 6 heteroatoms. The van der Waals surface area contributed by atoms with Crippen LogP contribution in [0.5, 0.6) is 17.2 Å². The molecular weight excluding hydrogens is 415 g/mol. The van der Waals surface area contributed by atoms with Gasteiger partial charge < -0.3 is 15.3 Å². The van der Waals surface area contributed by atoms with Gasteiger partial charge in [-0.05, 0) is 50.2 Å². The van der Waals surface area contributed by atoms with Crippen LogP contribution in [0.15, 0.2) is 91.0 Å². The van der Waals surface area contributed by atoms with Gasteiger partial charge in [-0.3, -0.25) is 0 Å². The molecule has 0 spiro atoms. The van der Waals surface area contributed by atoms with Crippen molar-refractivity contribution in [2.24, 2.45) is 0 Å². The smallest absolute Gasteiger partial charge is 0.508 e. The van der Waals surface area contributed by atoms with Crippen molar-refractivity contribution in [2.45, 2.75) is 13.8 Å². The number of fused-ring (bicyclic) bond motifs is 2. The number of hydrogen-bond donors (Lipinski definition) is 3. The van der Waals surface area contributed by atoms with E-state index in [0.717, 1.165) is 22.2 Å². The molecule has 0 bridgehead atoms. The van der Waals surface area contributed by atoms with Gasteiger partial charge in [0.05, 0.1) is 0 Å². The Bertz CT molecular complexity index is 1210. The van der Waals surface area contributed by atoms with Crippen molar-refractivity contribution >= 4 is 39.2 Å². The second kappa shape index (κ2) is 11.7. The van der Waals surface area contributed by atoms with Crippen LogP contribution in [0.3, 0.4) is 0 Å². The molecule has 2 aromatic heterocycles. The van der Waals surface area contributed by atoms with Gasteiger partial charge in [-0.1, -0.05) is 54.6 Å². The van der Waals surface area contributed by atoms with Gasteiger partial charge >= 0.3 is 17.4 Å². The first kappa shape index (κ1) is 24.7. The third-order valence-corrected chi connectivity index (χ3v) is 4.43.